The molecule has 4 nitrogen and oxygen atoms in total. The molecular formula is C30H33N3O. The Kier molecular flexibility index (Phi) is 6.36. The van der Waals surface area contributed by atoms with Gasteiger partial charge < -0.3 is 4.98 Å². The summed E-state index contributed by atoms with van der Waals surface area (Å²) in [6, 6.07) is 26.0. The van der Waals surface area contributed by atoms with Crippen molar-refractivity contribution in [1.82, 2.24) is 14.8 Å². The van der Waals surface area contributed by atoms with Crippen LogP contribution in [0.2, 0.25) is 0 Å². The molecule has 174 valence electrons. The molecule has 0 unspecified atom stereocenters. The third kappa shape index (κ3) is 4.31. The van der Waals surface area contributed by atoms with Crippen LogP contribution in [0.3, 0.4) is 0 Å². The Balaban J connectivity index is 1.37. The lowest BCUT2D eigenvalue weighted by atomic mass is 9.96. The summed E-state index contributed by atoms with van der Waals surface area (Å²) in [7, 11) is 0. The SMILES string of the molecule is Cc1[nH]c2c(C)ccc(C)c2c(=O)c1CN1CCN(C(c2ccccc2)c2ccccc2)CC1. The van der Waals surface area contributed by atoms with E-state index in [9.17, 15) is 4.79 Å². The van der Waals surface area contributed by atoms with Crippen LogP contribution in [0.5, 0.6) is 0 Å². The zero-order chi connectivity index (χ0) is 23.7. The highest BCUT2D eigenvalue weighted by molar-refractivity contribution is 5.85. The molecule has 2 heterocycles. The van der Waals surface area contributed by atoms with Crippen LogP contribution in [0.15, 0.2) is 77.6 Å². The van der Waals surface area contributed by atoms with E-state index in [-0.39, 0.29) is 11.5 Å². The van der Waals surface area contributed by atoms with Gasteiger partial charge in [0.2, 0.25) is 0 Å². The number of nitrogens with one attached hydrogen (secondary N) is 1. The summed E-state index contributed by atoms with van der Waals surface area (Å²) in [5, 5.41) is 0.840. The molecule has 0 radical (unpaired) electrons. The van der Waals surface area contributed by atoms with E-state index in [4.69, 9.17) is 0 Å². The standard InChI is InChI=1S/C30H33N3O/c1-21-14-15-22(2)28-27(21)30(34)26(23(3)31-28)20-32-16-18-33(19-17-32)29(24-10-6-4-7-11-24)25-12-8-5-9-13-25/h4-15,29H,16-20H2,1-3H3,(H,31,34). The summed E-state index contributed by atoms with van der Waals surface area (Å²) in [4.78, 5) is 22.0. The van der Waals surface area contributed by atoms with Gasteiger partial charge in [0.05, 0.1) is 11.6 Å². The van der Waals surface area contributed by atoms with Crippen LogP contribution in [0.4, 0.5) is 0 Å². The number of piperazine rings is 1. The quantitative estimate of drug-likeness (QED) is 0.444. The van der Waals surface area contributed by atoms with Gasteiger partial charge >= 0.3 is 0 Å². The second-order valence-electron chi connectivity index (χ2n) is 9.54. The van der Waals surface area contributed by atoms with Gasteiger partial charge in [0.1, 0.15) is 0 Å². The van der Waals surface area contributed by atoms with Gasteiger partial charge in [0.15, 0.2) is 5.43 Å². The Morgan fingerprint density at radius 1 is 0.765 bits per heavy atom. The van der Waals surface area contributed by atoms with E-state index in [0.717, 1.165) is 59.5 Å². The first kappa shape index (κ1) is 22.6. The average molecular weight is 452 g/mol. The molecule has 3 aromatic carbocycles. The predicted molar refractivity (Wildman–Crippen MR) is 140 cm³/mol. The van der Waals surface area contributed by atoms with Gasteiger partial charge in [0, 0.05) is 49.4 Å². The maximum absolute atomic E-state index is 13.5. The van der Waals surface area contributed by atoms with E-state index >= 15 is 0 Å². The smallest absolute Gasteiger partial charge is 0.194 e. The molecule has 1 N–H and O–H groups in total. The van der Waals surface area contributed by atoms with Gasteiger partial charge in [-0.25, -0.2) is 0 Å². The lowest BCUT2D eigenvalue weighted by Gasteiger charge is -2.40. The van der Waals surface area contributed by atoms with Crippen LogP contribution >= 0.6 is 0 Å². The zero-order valence-corrected chi connectivity index (χ0v) is 20.3. The molecule has 1 aromatic heterocycles. The van der Waals surface area contributed by atoms with Gasteiger partial charge in [-0.05, 0) is 43.0 Å². The van der Waals surface area contributed by atoms with Crippen molar-refractivity contribution in [1.29, 1.82) is 0 Å². The van der Waals surface area contributed by atoms with E-state index in [2.05, 4.69) is 94.5 Å². The Hall–Kier alpha value is -3.21. The molecule has 4 heteroatoms. The van der Waals surface area contributed by atoms with E-state index < -0.39 is 0 Å². The van der Waals surface area contributed by atoms with Gasteiger partial charge in [-0.1, -0.05) is 72.8 Å². The minimum atomic E-state index is 0.182. The fourth-order valence-corrected chi connectivity index (χ4v) is 5.33. The topological polar surface area (TPSA) is 39.3 Å². The molecule has 1 aliphatic heterocycles. The minimum Gasteiger partial charge on any atom is -0.358 e. The number of nitrogens with zero attached hydrogens (tertiary/aromatic N) is 2. The largest absolute Gasteiger partial charge is 0.358 e. The number of aromatic nitrogens is 1. The summed E-state index contributed by atoms with van der Waals surface area (Å²) in [6.45, 7) is 10.6. The first-order valence-corrected chi connectivity index (χ1v) is 12.2. The van der Waals surface area contributed by atoms with Crippen molar-refractivity contribution in [3.8, 4) is 0 Å². The molecule has 1 aliphatic rings. The lowest BCUT2D eigenvalue weighted by Crippen LogP contribution is -2.47. The first-order valence-electron chi connectivity index (χ1n) is 12.2. The number of hydrogen-bond donors (Lipinski definition) is 1. The van der Waals surface area contributed by atoms with Gasteiger partial charge in [-0.3, -0.25) is 14.6 Å². The maximum Gasteiger partial charge on any atom is 0.194 e. The summed E-state index contributed by atoms with van der Waals surface area (Å²) >= 11 is 0. The van der Waals surface area contributed by atoms with Crippen LogP contribution in [0.1, 0.15) is 39.6 Å². The van der Waals surface area contributed by atoms with E-state index in [1.54, 1.807) is 0 Å². The Morgan fingerprint density at radius 2 is 1.32 bits per heavy atom. The Morgan fingerprint density at radius 3 is 1.91 bits per heavy atom. The molecule has 0 spiro atoms. The molecule has 0 saturated carbocycles. The number of aromatic amines is 1. The van der Waals surface area contributed by atoms with Gasteiger partial charge in [-0.2, -0.15) is 0 Å². The minimum absolute atomic E-state index is 0.182. The van der Waals surface area contributed by atoms with Crippen LogP contribution in [0.25, 0.3) is 10.9 Å². The highest BCUT2D eigenvalue weighted by Crippen LogP contribution is 2.29. The molecule has 0 atom stereocenters. The van der Waals surface area contributed by atoms with E-state index in [0.29, 0.717) is 6.54 Å². The molecule has 0 amide bonds. The molecule has 5 rings (SSSR count). The van der Waals surface area contributed by atoms with Crippen molar-refractivity contribution in [3.05, 3.63) is 117 Å². The number of H-pyrrole nitrogens is 1. The van der Waals surface area contributed by atoms with Gasteiger partial charge in [-0.15, -0.1) is 0 Å². The monoisotopic (exact) mass is 451 g/mol. The number of rotatable bonds is 5. The van der Waals surface area contributed by atoms with Crippen molar-refractivity contribution in [2.75, 3.05) is 26.2 Å². The molecule has 0 aliphatic carbocycles. The summed E-state index contributed by atoms with van der Waals surface area (Å²) in [5.74, 6) is 0. The Labute approximate surface area is 201 Å². The Bertz CT molecular complexity index is 1300. The highest BCUT2D eigenvalue weighted by atomic mass is 16.1. The number of fused-ring (bicyclic) bond motifs is 1. The number of benzene rings is 3. The summed E-state index contributed by atoms with van der Waals surface area (Å²) in [5.41, 5.74) is 7.86. The second-order valence-corrected chi connectivity index (χ2v) is 9.54. The third-order valence-electron chi connectivity index (χ3n) is 7.27. The van der Waals surface area contributed by atoms with Crippen LogP contribution < -0.4 is 5.43 Å². The number of pyridine rings is 1. The van der Waals surface area contributed by atoms with Crippen molar-refractivity contribution in [2.45, 2.75) is 33.4 Å². The molecule has 1 saturated heterocycles. The summed E-state index contributed by atoms with van der Waals surface area (Å²) in [6.07, 6.45) is 0. The maximum atomic E-state index is 13.5. The first-order chi connectivity index (χ1) is 16.5. The fraction of sp³-hybridized carbons (Fsp3) is 0.300. The molecule has 0 bridgehead atoms. The van der Waals surface area contributed by atoms with Crippen molar-refractivity contribution < 1.29 is 0 Å². The summed E-state index contributed by atoms with van der Waals surface area (Å²) < 4.78 is 0. The normalized spacial score (nSPS) is 15.3. The van der Waals surface area contributed by atoms with Crippen LogP contribution in [0, 0.1) is 20.8 Å². The molecule has 4 aromatic rings. The van der Waals surface area contributed by atoms with Crippen molar-refractivity contribution >= 4 is 10.9 Å². The van der Waals surface area contributed by atoms with Crippen molar-refractivity contribution in [3.63, 3.8) is 0 Å². The average Bonchev–Trinajstić information content (AvgIpc) is 2.86. The second kappa shape index (κ2) is 9.57. The number of hydrogen-bond acceptors (Lipinski definition) is 3. The van der Waals surface area contributed by atoms with Crippen molar-refractivity contribution in [2.24, 2.45) is 0 Å². The zero-order valence-electron chi connectivity index (χ0n) is 20.3. The number of aryl methyl sites for hydroxylation is 3. The van der Waals surface area contributed by atoms with E-state index in [1.165, 1.54) is 11.1 Å². The fourth-order valence-electron chi connectivity index (χ4n) is 5.33. The van der Waals surface area contributed by atoms with Crippen LogP contribution in [-0.4, -0.2) is 41.0 Å². The van der Waals surface area contributed by atoms with E-state index in [1.807, 2.05) is 13.8 Å². The van der Waals surface area contributed by atoms with Gasteiger partial charge in [0.25, 0.3) is 0 Å². The van der Waals surface area contributed by atoms with Crippen LogP contribution in [-0.2, 0) is 6.54 Å². The predicted octanol–water partition coefficient (Wildman–Crippen LogP) is 5.36. The third-order valence-corrected chi connectivity index (χ3v) is 7.27. The highest BCUT2D eigenvalue weighted by Gasteiger charge is 2.27. The molecular weight excluding hydrogens is 418 g/mol. The molecule has 34 heavy (non-hydrogen) atoms. The lowest BCUT2D eigenvalue weighted by molar-refractivity contribution is 0.104. The molecule has 1 fully saturated rings.